The van der Waals surface area contributed by atoms with Crippen molar-refractivity contribution in [1.82, 2.24) is 9.46 Å². The van der Waals surface area contributed by atoms with Crippen LogP contribution >= 0.6 is 0 Å². The van der Waals surface area contributed by atoms with Crippen LogP contribution in [-0.2, 0) is 16.6 Å². The van der Waals surface area contributed by atoms with Gasteiger partial charge in [0.15, 0.2) is 5.76 Å². The van der Waals surface area contributed by atoms with E-state index in [4.69, 9.17) is 9.26 Å². The Morgan fingerprint density at radius 3 is 2.65 bits per heavy atom. The van der Waals surface area contributed by atoms with Crippen LogP contribution in [0.2, 0.25) is 0 Å². The van der Waals surface area contributed by atoms with Crippen molar-refractivity contribution in [2.75, 3.05) is 13.1 Å². The van der Waals surface area contributed by atoms with Crippen molar-refractivity contribution in [2.45, 2.75) is 37.2 Å². The second-order valence-corrected chi connectivity index (χ2v) is 7.88. The zero-order valence-electron chi connectivity index (χ0n) is 12.7. The SMILES string of the molecule is O=S(=O)(c1ccc2c(c1)-c1oncc1CO2)N1CCCCCC1. The maximum absolute atomic E-state index is 12.9. The molecule has 3 heterocycles. The third kappa shape index (κ3) is 2.53. The van der Waals surface area contributed by atoms with Crippen LogP contribution in [-0.4, -0.2) is 31.0 Å². The summed E-state index contributed by atoms with van der Waals surface area (Å²) in [6, 6.07) is 4.95. The summed E-state index contributed by atoms with van der Waals surface area (Å²) in [5.74, 6) is 1.23. The summed E-state index contributed by atoms with van der Waals surface area (Å²) in [5.41, 5.74) is 1.49. The Hall–Kier alpha value is -1.86. The Balaban J connectivity index is 1.74. The normalized spacial score (nSPS) is 18.6. The van der Waals surface area contributed by atoms with E-state index in [1.807, 2.05) is 0 Å². The molecule has 0 bridgehead atoms. The molecule has 6 nitrogen and oxygen atoms in total. The lowest BCUT2D eigenvalue weighted by atomic mass is 10.1. The van der Waals surface area contributed by atoms with Gasteiger partial charge in [-0.05, 0) is 31.0 Å². The molecule has 0 saturated carbocycles. The molecule has 2 aliphatic heterocycles. The van der Waals surface area contributed by atoms with Gasteiger partial charge in [-0.25, -0.2) is 8.42 Å². The molecule has 0 amide bonds. The second-order valence-electron chi connectivity index (χ2n) is 5.95. The van der Waals surface area contributed by atoms with Crippen molar-refractivity contribution in [1.29, 1.82) is 0 Å². The summed E-state index contributed by atoms with van der Waals surface area (Å²) in [5, 5.41) is 3.78. The number of aromatic nitrogens is 1. The van der Waals surface area contributed by atoms with Crippen LogP contribution in [0.25, 0.3) is 11.3 Å². The molecule has 122 valence electrons. The van der Waals surface area contributed by atoms with Gasteiger partial charge in [0, 0.05) is 13.1 Å². The highest BCUT2D eigenvalue weighted by Crippen LogP contribution is 2.39. The smallest absolute Gasteiger partial charge is 0.243 e. The highest BCUT2D eigenvalue weighted by atomic mass is 32.2. The molecule has 0 atom stereocenters. The molecule has 23 heavy (non-hydrogen) atoms. The third-order valence-electron chi connectivity index (χ3n) is 4.43. The fraction of sp³-hybridized carbons (Fsp3) is 0.438. The first-order chi connectivity index (χ1) is 11.2. The molecule has 1 saturated heterocycles. The van der Waals surface area contributed by atoms with E-state index in [-0.39, 0.29) is 4.90 Å². The summed E-state index contributed by atoms with van der Waals surface area (Å²) in [6.45, 7) is 1.57. The van der Waals surface area contributed by atoms with E-state index in [0.717, 1.165) is 31.2 Å². The largest absolute Gasteiger partial charge is 0.488 e. The average molecular weight is 334 g/mol. The predicted molar refractivity (Wildman–Crippen MR) is 83.5 cm³/mol. The maximum Gasteiger partial charge on any atom is 0.243 e. The minimum atomic E-state index is -3.49. The lowest BCUT2D eigenvalue weighted by molar-refractivity contribution is 0.297. The standard InChI is InChI=1S/C16H18N2O4S/c19-23(20,18-7-3-1-2-4-8-18)13-5-6-15-14(9-13)16-12(11-21-15)10-17-22-16/h5-6,9-10H,1-4,7-8,11H2. The Labute approximate surface area is 135 Å². The molecule has 2 aromatic rings. The van der Waals surface area contributed by atoms with E-state index >= 15 is 0 Å². The van der Waals surface area contributed by atoms with Gasteiger partial charge in [0.05, 0.1) is 22.2 Å². The zero-order valence-corrected chi connectivity index (χ0v) is 13.5. The van der Waals surface area contributed by atoms with Crippen LogP contribution in [0.3, 0.4) is 0 Å². The molecule has 0 aliphatic carbocycles. The average Bonchev–Trinajstić information content (AvgIpc) is 2.87. The number of ether oxygens (including phenoxy) is 1. The molecule has 0 radical (unpaired) electrons. The van der Waals surface area contributed by atoms with E-state index in [0.29, 0.717) is 36.8 Å². The summed E-state index contributed by atoms with van der Waals surface area (Å²) >= 11 is 0. The van der Waals surface area contributed by atoms with Crippen LogP contribution in [0.1, 0.15) is 31.2 Å². The summed E-state index contributed by atoms with van der Waals surface area (Å²) < 4.78 is 38.3. The lowest BCUT2D eigenvalue weighted by Gasteiger charge is -2.21. The summed E-state index contributed by atoms with van der Waals surface area (Å²) in [6.07, 6.45) is 5.62. The second kappa shape index (κ2) is 5.65. The van der Waals surface area contributed by atoms with Crippen molar-refractivity contribution >= 4 is 10.0 Å². The van der Waals surface area contributed by atoms with Crippen LogP contribution < -0.4 is 4.74 Å². The quantitative estimate of drug-likeness (QED) is 0.844. The Morgan fingerprint density at radius 2 is 1.87 bits per heavy atom. The minimum absolute atomic E-state index is 0.283. The van der Waals surface area contributed by atoms with Gasteiger partial charge in [0.1, 0.15) is 12.4 Å². The number of nitrogens with zero attached hydrogens (tertiary/aromatic N) is 2. The first-order valence-electron chi connectivity index (χ1n) is 7.87. The Kier molecular flexibility index (Phi) is 3.61. The maximum atomic E-state index is 12.9. The predicted octanol–water partition coefficient (Wildman–Crippen LogP) is 2.80. The number of rotatable bonds is 2. The van der Waals surface area contributed by atoms with Crippen molar-refractivity contribution in [2.24, 2.45) is 0 Å². The topological polar surface area (TPSA) is 72.6 Å². The first-order valence-corrected chi connectivity index (χ1v) is 9.31. The van der Waals surface area contributed by atoms with E-state index in [1.54, 1.807) is 28.7 Å². The third-order valence-corrected chi connectivity index (χ3v) is 6.32. The van der Waals surface area contributed by atoms with Gasteiger partial charge in [-0.3, -0.25) is 0 Å². The van der Waals surface area contributed by atoms with Gasteiger partial charge in [0.2, 0.25) is 10.0 Å². The molecular weight excluding hydrogens is 316 g/mol. The van der Waals surface area contributed by atoms with Gasteiger partial charge < -0.3 is 9.26 Å². The number of hydrogen-bond acceptors (Lipinski definition) is 5. The van der Waals surface area contributed by atoms with Gasteiger partial charge in [0.25, 0.3) is 0 Å². The monoisotopic (exact) mass is 334 g/mol. The van der Waals surface area contributed by atoms with Crippen molar-refractivity contribution in [3.63, 3.8) is 0 Å². The Morgan fingerprint density at radius 1 is 1.09 bits per heavy atom. The number of benzene rings is 1. The van der Waals surface area contributed by atoms with E-state index in [1.165, 1.54) is 0 Å². The molecule has 7 heteroatoms. The van der Waals surface area contributed by atoms with E-state index in [2.05, 4.69) is 5.16 Å². The van der Waals surface area contributed by atoms with Crippen LogP contribution in [0.4, 0.5) is 0 Å². The number of hydrogen-bond donors (Lipinski definition) is 0. The summed E-state index contributed by atoms with van der Waals surface area (Å²) in [7, 11) is -3.49. The molecule has 1 fully saturated rings. The molecular formula is C16H18N2O4S. The van der Waals surface area contributed by atoms with Gasteiger partial charge in [-0.1, -0.05) is 18.0 Å². The number of sulfonamides is 1. The van der Waals surface area contributed by atoms with Crippen LogP contribution in [0.15, 0.2) is 33.8 Å². The summed E-state index contributed by atoms with van der Waals surface area (Å²) in [4.78, 5) is 0.283. The van der Waals surface area contributed by atoms with Crippen molar-refractivity contribution in [3.8, 4) is 17.1 Å². The highest BCUT2D eigenvalue weighted by Gasteiger charge is 2.28. The lowest BCUT2D eigenvalue weighted by Crippen LogP contribution is -2.32. The molecule has 0 unspecified atom stereocenters. The minimum Gasteiger partial charge on any atom is -0.488 e. The zero-order chi connectivity index (χ0) is 15.9. The van der Waals surface area contributed by atoms with Crippen molar-refractivity contribution in [3.05, 3.63) is 30.0 Å². The fourth-order valence-electron chi connectivity index (χ4n) is 3.14. The fourth-order valence-corrected chi connectivity index (χ4v) is 4.69. The van der Waals surface area contributed by atoms with Gasteiger partial charge in [-0.2, -0.15) is 4.31 Å². The van der Waals surface area contributed by atoms with Gasteiger partial charge >= 0.3 is 0 Å². The van der Waals surface area contributed by atoms with E-state index < -0.39 is 10.0 Å². The van der Waals surface area contributed by atoms with Gasteiger partial charge in [-0.15, -0.1) is 0 Å². The Bertz CT molecular complexity index is 820. The first kappa shape index (κ1) is 14.7. The van der Waals surface area contributed by atoms with E-state index in [9.17, 15) is 8.42 Å². The highest BCUT2D eigenvalue weighted by molar-refractivity contribution is 7.89. The van der Waals surface area contributed by atoms with Crippen LogP contribution in [0, 0.1) is 0 Å². The molecule has 4 rings (SSSR count). The van der Waals surface area contributed by atoms with Crippen LogP contribution in [0.5, 0.6) is 5.75 Å². The molecule has 2 aliphatic rings. The molecule has 0 spiro atoms. The van der Waals surface area contributed by atoms with Crippen molar-refractivity contribution < 1.29 is 17.7 Å². The molecule has 0 N–H and O–H groups in total. The molecule has 1 aromatic heterocycles. The number of fused-ring (bicyclic) bond motifs is 3. The molecule has 1 aromatic carbocycles.